The molecule has 0 saturated heterocycles. The molecule has 0 bridgehead atoms. The van der Waals surface area contributed by atoms with Crippen LogP contribution >= 0.6 is 0 Å². The molecule has 1 aromatic rings. The molecule has 0 aliphatic heterocycles. The Kier molecular flexibility index (Phi) is 5.99. The summed E-state index contributed by atoms with van der Waals surface area (Å²) in [5, 5.41) is 0. The van der Waals surface area contributed by atoms with Gasteiger partial charge in [-0.15, -0.1) is 0 Å². The molecular formula is C15H23O. The third-order valence-electron chi connectivity index (χ3n) is 2.85. The Morgan fingerprint density at radius 1 is 1.06 bits per heavy atom. The first kappa shape index (κ1) is 13.1. The Morgan fingerprint density at radius 2 is 1.81 bits per heavy atom. The highest BCUT2D eigenvalue weighted by atomic mass is 16.5. The molecule has 0 atom stereocenters. The van der Waals surface area contributed by atoms with Gasteiger partial charge < -0.3 is 4.74 Å². The molecule has 0 aliphatic carbocycles. The van der Waals surface area contributed by atoms with E-state index in [-0.39, 0.29) is 0 Å². The van der Waals surface area contributed by atoms with Crippen molar-refractivity contribution >= 4 is 0 Å². The SMILES string of the molecule is [CH2]CCCCOc1ccc(CC)c(CC)c1. The summed E-state index contributed by atoms with van der Waals surface area (Å²) in [7, 11) is 0. The molecule has 0 amide bonds. The lowest BCUT2D eigenvalue weighted by Gasteiger charge is -2.10. The van der Waals surface area contributed by atoms with Crippen LogP contribution in [0.5, 0.6) is 5.75 Å². The lowest BCUT2D eigenvalue weighted by molar-refractivity contribution is 0.307. The van der Waals surface area contributed by atoms with Gasteiger partial charge in [-0.25, -0.2) is 0 Å². The van der Waals surface area contributed by atoms with Crippen molar-refractivity contribution in [2.24, 2.45) is 0 Å². The van der Waals surface area contributed by atoms with E-state index in [4.69, 9.17) is 4.74 Å². The maximum atomic E-state index is 5.72. The topological polar surface area (TPSA) is 9.23 Å². The Bertz CT molecular complexity index is 304. The van der Waals surface area contributed by atoms with E-state index in [1.807, 2.05) is 0 Å². The minimum atomic E-state index is 0.810. The van der Waals surface area contributed by atoms with Crippen molar-refractivity contribution < 1.29 is 4.74 Å². The molecule has 0 unspecified atom stereocenters. The van der Waals surface area contributed by atoms with Gasteiger partial charge in [-0.3, -0.25) is 0 Å². The van der Waals surface area contributed by atoms with Crippen molar-refractivity contribution in [3.05, 3.63) is 36.2 Å². The molecule has 0 fully saturated rings. The zero-order valence-corrected chi connectivity index (χ0v) is 10.6. The maximum absolute atomic E-state index is 5.72. The maximum Gasteiger partial charge on any atom is 0.119 e. The standard InChI is InChI=1S/C15H23O/c1-4-7-8-11-16-15-10-9-13(5-2)14(6-3)12-15/h9-10,12H,1,4-8,11H2,2-3H3. The van der Waals surface area contributed by atoms with Crippen molar-refractivity contribution in [2.45, 2.75) is 46.0 Å². The Morgan fingerprint density at radius 3 is 2.44 bits per heavy atom. The first-order chi connectivity index (χ1) is 7.81. The summed E-state index contributed by atoms with van der Waals surface area (Å²) in [6.45, 7) is 9.03. The summed E-state index contributed by atoms with van der Waals surface area (Å²) in [6, 6.07) is 6.46. The predicted octanol–water partition coefficient (Wildman–Crippen LogP) is 4.19. The highest BCUT2D eigenvalue weighted by molar-refractivity contribution is 5.35. The molecule has 0 aliphatic rings. The molecule has 0 heterocycles. The van der Waals surface area contributed by atoms with E-state index < -0.39 is 0 Å². The van der Waals surface area contributed by atoms with E-state index in [1.54, 1.807) is 0 Å². The quantitative estimate of drug-likeness (QED) is 0.625. The number of hydrogen-bond acceptors (Lipinski definition) is 1. The minimum Gasteiger partial charge on any atom is -0.494 e. The Balaban J connectivity index is 2.54. The normalized spacial score (nSPS) is 10.4. The average Bonchev–Trinajstić information content (AvgIpc) is 2.34. The molecule has 0 spiro atoms. The molecule has 89 valence electrons. The Labute approximate surface area is 99.8 Å². The summed E-state index contributed by atoms with van der Waals surface area (Å²) in [4.78, 5) is 0. The monoisotopic (exact) mass is 219 g/mol. The van der Waals surface area contributed by atoms with Crippen LogP contribution < -0.4 is 4.74 Å². The second-order valence-electron chi connectivity index (χ2n) is 4.05. The molecule has 0 N–H and O–H groups in total. The van der Waals surface area contributed by atoms with Crippen LogP contribution in [0.4, 0.5) is 0 Å². The zero-order valence-electron chi connectivity index (χ0n) is 10.6. The smallest absolute Gasteiger partial charge is 0.119 e. The van der Waals surface area contributed by atoms with Crippen LogP contribution in [-0.4, -0.2) is 6.61 Å². The van der Waals surface area contributed by atoms with Gasteiger partial charge in [-0.1, -0.05) is 39.7 Å². The fourth-order valence-corrected chi connectivity index (χ4v) is 1.83. The molecule has 1 rings (SSSR count). The van der Waals surface area contributed by atoms with E-state index in [0.717, 1.165) is 44.5 Å². The number of benzene rings is 1. The predicted molar refractivity (Wildman–Crippen MR) is 69.9 cm³/mol. The van der Waals surface area contributed by atoms with Gasteiger partial charge in [0.15, 0.2) is 0 Å². The van der Waals surface area contributed by atoms with E-state index in [9.17, 15) is 0 Å². The molecule has 0 saturated carbocycles. The Hall–Kier alpha value is -0.980. The van der Waals surface area contributed by atoms with Crippen molar-refractivity contribution in [1.29, 1.82) is 0 Å². The van der Waals surface area contributed by atoms with Gasteiger partial charge in [0.05, 0.1) is 6.61 Å². The lowest BCUT2D eigenvalue weighted by Crippen LogP contribution is -1.99. The molecule has 1 aromatic carbocycles. The van der Waals surface area contributed by atoms with Gasteiger partial charge in [0.25, 0.3) is 0 Å². The van der Waals surface area contributed by atoms with Crippen LogP contribution in [0.3, 0.4) is 0 Å². The highest BCUT2D eigenvalue weighted by Gasteiger charge is 2.01. The van der Waals surface area contributed by atoms with Crippen LogP contribution in [0, 0.1) is 6.92 Å². The number of ether oxygens (including phenoxy) is 1. The molecule has 0 aromatic heterocycles. The number of hydrogen-bond donors (Lipinski definition) is 0. The summed E-state index contributed by atoms with van der Waals surface area (Å²) in [6.07, 6.45) is 5.43. The van der Waals surface area contributed by atoms with Crippen molar-refractivity contribution in [3.63, 3.8) is 0 Å². The molecular weight excluding hydrogens is 196 g/mol. The third kappa shape index (κ3) is 3.88. The largest absolute Gasteiger partial charge is 0.494 e. The lowest BCUT2D eigenvalue weighted by atomic mass is 10.0. The first-order valence-corrected chi connectivity index (χ1v) is 6.35. The van der Waals surface area contributed by atoms with Gasteiger partial charge in [0.1, 0.15) is 5.75 Å². The fraction of sp³-hybridized carbons (Fsp3) is 0.533. The fourth-order valence-electron chi connectivity index (χ4n) is 1.83. The summed E-state index contributed by atoms with van der Waals surface area (Å²) in [5.74, 6) is 1.01. The molecule has 1 heteroatoms. The highest BCUT2D eigenvalue weighted by Crippen LogP contribution is 2.19. The average molecular weight is 219 g/mol. The van der Waals surface area contributed by atoms with Gasteiger partial charge in [-0.05, 0) is 42.5 Å². The van der Waals surface area contributed by atoms with Gasteiger partial charge in [0, 0.05) is 0 Å². The zero-order chi connectivity index (χ0) is 11.8. The molecule has 16 heavy (non-hydrogen) atoms. The van der Waals surface area contributed by atoms with Gasteiger partial charge in [-0.2, -0.15) is 0 Å². The van der Waals surface area contributed by atoms with Crippen LogP contribution in [0.1, 0.15) is 44.2 Å². The van der Waals surface area contributed by atoms with Crippen LogP contribution in [0.25, 0.3) is 0 Å². The van der Waals surface area contributed by atoms with E-state index >= 15 is 0 Å². The van der Waals surface area contributed by atoms with Crippen LogP contribution in [0.15, 0.2) is 18.2 Å². The van der Waals surface area contributed by atoms with Crippen molar-refractivity contribution in [3.8, 4) is 5.75 Å². The summed E-state index contributed by atoms with van der Waals surface area (Å²) < 4.78 is 5.72. The molecule has 1 nitrogen and oxygen atoms in total. The number of rotatable bonds is 7. The van der Waals surface area contributed by atoms with Crippen molar-refractivity contribution in [1.82, 2.24) is 0 Å². The number of aryl methyl sites for hydroxylation is 2. The summed E-state index contributed by atoms with van der Waals surface area (Å²) in [5.41, 5.74) is 2.85. The second kappa shape index (κ2) is 7.32. The van der Waals surface area contributed by atoms with Gasteiger partial charge in [0.2, 0.25) is 0 Å². The van der Waals surface area contributed by atoms with E-state index in [0.29, 0.717) is 0 Å². The number of unbranched alkanes of at least 4 members (excludes halogenated alkanes) is 2. The van der Waals surface area contributed by atoms with Crippen LogP contribution in [0.2, 0.25) is 0 Å². The minimum absolute atomic E-state index is 0.810. The van der Waals surface area contributed by atoms with Crippen molar-refractivity contribution in [2.75, 3.05) is 6.61 Å². The summed E-state index contributed by atoms with van der Waals surface area (Å²) >= 11 is 0. The third-order valence-corrected chi connectivity index (χ3v) is 2.85. The van der Waals surface area contributed by atoms with E-state index in [2.05, 4.69) is 39.0 Å². The second-order valence-corrected chi connectivity index (χ2v) is 4.05. The van der Waals surface area contributed by atoms with Gasteiger partial charge >= 0.3 is 0 Å². The molecule has 1 radical (unpaired) electrons. The first-order valence-electron chi connectivity index (χ1n) is 6.35. The van der Waals surface area contributed by atoms with Crippen LogP contribution in [-0.2, 0) is 12.8 Å². The van der Waals surface area contributed by atoms with E-state index in [1.165, 1.54) is 11.1 Å².